The van der Waals surface area contributed by atoms with Crippen LogP contribution in [0.1, 0.15) is 28.6 Å². The van der Waals surface area contributed by atoms with Gasteiger partial charge >= 0.3 is 0 Å². The minimum atomic E-state index is -0.664. The number of thiazole rings is 1. The van der Waals surface area contributed by atoms with Crippen LogP contribution >= 0.6 is 27.3 Å². The second kappa shape index (κ2) is 4.65. The Hall–Kier alpha value is -0.720. The Morgan fingerprint density at radius 3 is 2.88 bits per heavy atom. The van der Waals surface area contributed by atoms with Crippen LogP contribution in [0.25, 0.3) is 0 Å². The average molecular weight is 302 g/mol. The summed E-state index contributed by atoms with van der Waals surface area (Å²) in [5, 5.41) is 15.4. The van der Waals surface area contributed by atoms with Gasteiger partial charge in [-0.05, 0) is 29.8 Å². The normalized spacial score (nSPS) is 13.0. The number of aryl methyl sites for hydroxylation is 2. The SMILES string of the molecule is CCn1ncc(Br)c1C(O)c1cnc(C)s1. The van der Waals surface area contributed by atoms with Crippen molar-refractivity contribution in [3.8, 4) is 0 Å². The Morgan fingerprint density at radius 1 is 1.56 bits per heavy atom. The molecule has 0 saturated heterocycles. The summed E-state index contributed by atoms with van der Waals surface area (Å²) >= 11 is 4.90. The summed E-state index contributed by atoms with van der Waals surface area (Å²) in [5.74, 6) is 0. The van der Waals surface area contributed by atoms with Crippen LogP contribution in [0.15, 0.2) is 16.9 Å². The molecule has 4 nitrogen and oxygen atoms in total. The molecule has 86 valence electrons. The molecule has 0 amide bonds. The lowest BCUT2D eigenvalue weighted by molar-refractivity contribution is 0.210. The molecular weight excluding hydrogens is 290 g/mol. The molecule has 2 aromatic heterocycles. The molecule has 6 heteroatoms. The van der Waals surface area contributed by atoms with Gasteiger partial charge in [-0.15, -0.1) is 11.3 Å². The monoisotopic (exact) mass is 301 g/mol. The number of aromatic nitrogens is 3. The standard InChI is InChI=1S/C10H12BrN3OS/c1-3-14-9(7(11)4-13-14)10(15)8-5-12-6(2)16-8/h4-5,10,15H,3H2,1-2H3. The lowest BCUT2D eigenvalue weighted by Gasteiger charge is -2.10. The summed E-state index contributed by atoms with van der Waals surface area (Å²) in [6, 6.07) is 0. The fraction of sp³-hybridized carbons (Fsp3) is 0.400. The van der Waals surface area contributed by atoms with E-state index in [9.17, 15) is 5.11 Å². The number of halogens is 1. The zero-order valence-corrected chi connectivity index (χ0v) is 11.4. The van der Waals surface area contributed by atoms with E-state index >= 15 is 0 Å². The Labute approximate surface area is 106 Å². The van der Waals surface area contributed by atoms with Crippen LogP contribution in [0.3, 0.4) is 0 Å². The topological polar surface area (TPSA) is 50.9 Å². The molecular formula is C10H12BrN3OS. The molecule has 2 rings (SSSR count). The molecule has 0 bridgehead atoms. The van der Waals surface area contributed by atoms with Crippen LogP contribution in [0.2, 0.25) is 0 Å². The zero-order chi connectivity index (χ0) is 11.7. The van der Waals surface area contributed by atoms with Gasteiger partial charge in [-0.3, -0.25) is 4.68 Å². The third-order valence-electron chi connectivity index (χ3n) is 2.30. The molecule has 1 N–H and O–H groups in total. The number of hydrogen-bond acceptors (Lipinski definition) is 4. The van der Waals surface area contributed by atoms with Gasteiger partial charge in [0.05, 0.1) is 26.2 Å². The molecule has 2 aromatic rings. The molecule has 0 aromatic carbocycles. The Bertz CT molecular complexity index is 494. The maximum absolute atomic E-state index is 10.3. The molecule has 0 spiro atoms. The lowest BCUT2D eigenvalue weighted by Crippen LogP contribution is -2.08. The predicted octanol–water partition coefficient (Wildman–Crippen LogP) is 2.51. The molecule has 0 radical (unpaired) electrons. The van der Waals surface area contributed by atoms with Crippen molar-refractivity contribution in [3.63, 3.8) is 0 Å². The predicted molar refractivity (Wildman–Crippen MR) is 66.5 cm³/mol. The van der Waals surface area contributed by atoms with E-state index in [1.165, 1.54) is 11.3 Å². The maximum Gasteiger partial charge on any atom is 0.132 e. The second-order valence-electron chi connectivity index (χ2n) is 3.38. The smallest absolute Gasteiger partial charge is 0.132 e. The average Bonchev–Trinajstić information content (AvgIpc) is 2.83. The highest BCUT2D eigenvalue weighted by molar-refractivity contribution is 9.10. The number of rotatable bonds is 3. The fourth-order valence-electron chi connectivity index (χ4n) is 1.53. The number of nitrogens with zero attached hydrogens (tertiary/aromatic N) is 3. The fourth-order valence-corrected chi connectivity index (χ4v) is 2.82. The third kappa shape index (κ3) is 2.05. The summed E-state index contributed by atoms with van der Waals surface area (Å²) < 4.78 is 2.61. The molecule has 1 atom stereocenters. The number of aliphatic hydroxyl groups is 1. The van der Waals surface area contributed by atoms with Crippen molar-refractivity contribution in [2.24, 2.45) is 0 Å². The largest absolute Gasteiger partial charge is 0.381 e. The molecule has 0 aliphatic rings. The van der Waals surface area contributed by atoms with Crippen molar-refractivity contribution < 1.29 is 5.11 Å². The van der Waals surface area contributed by atoms with Crippen molar-refractivity contribution in [1.29, 1.82) is 0 Å². The van der Waals surface area contributed by atoms with E-state index < -0.39 is 6.10 Å². The summed E-state index contributed by atoms with van der Waals surface area (Å²) in [6.45, 7) is 4.65. The summed E-state index contributed by atoms with van der Waals surface area (Å²) in [7, 11) is 0. The Morgan fingerprint density at radius 2 is 2.31 bits per heavy atom. The van der Waals surface area contributed by atoms with Gasteiger partial charge in [-0.25, -0.2) is 4.98 Å². The first-order chi connectivity index (χ1) is 7.63. The van der Waals surface area contributed by atoms with Crippen molar-refractivity contribution >= 4 is 27.3 Å². The number of hydrogen-bond donors (Lipinski definition) is 1. The van der Waals surface area contributed by atoms with Crippen molar-refractivity contribution in [3.05, 3.63) is 32.4 Å². The van der Waals surface area contributed by atoms with E-state index in [1.807, 2.05) is 13.8 Å². The minimum absolute atomic E-state index is 0.664. The van der Waals surface area contributed by atoms with Crippen LogP contribution in [-0.4, -0.2) is 19.9 Å². The highest BCUT2D eigenvalue weighted by atomic mass is 79.9. The van der Waals surface area contributed by atoms with Crippen LogP contribution in [0, 0.1) is 6.92 Å². The summed E-state index contributed by atoms with van der Waals surface area (Å²) in [5.41, 5.74) is 0.783. The first-order valence-electron chi connectivity index (χ1n) is 4.95. The van der Waals surface area contributed by atoms with Gasteiger partial charge in [0, 0.05) is 12.7 Å². The van der Waals surface area contributed by atoms with Gasteiger partial charge in [-0.1, -0.05) is 0 Å². The minimum Gasteiger partial charge on any atom is -0.381 e. The summed E-state index contributed by atoms with van der Waals surface area (Å²) in [6.07, 6.45) is 2.75. The zero-order valence-electron chi connectivity index (χ0n) is 9.01. The Balaban J connectivity index is 2.40. The molecule has 0 aliphatic heterocycles. The quantitative estimate of drug-likeness (QED) is 0.948. The van der Waals surface area contributed by atoms with Gasteiger partial charge in [0.15, 0.2) is 0 Å². The van der Waals surface area contributed by atoms with E-state index in [1.54, 1.807) is 17.1 Å². The van der Waals surface area contributed by atoms with Crippen LogP contribution < -0.4 is 0 Å². The lowest BCUT2D eigenvalue weighted by atomic mass is 10.2. The Kier molecular flexibility index (Phi) is 3.41. The summed E-state index contributed by atoms with van der Waals surface area (Å²) in [4.78, 5) is 4.99. The van der Waals surface area contributed by atoms with E-state index in [4.69, 9.17) is 0 Å². The molecule has 0 saturated carbocycles. The van der Waals surface area contributed by atoms with Crippen molar-refractivity contribution in [2.75, 3.05) is 0 Å². The van der Waals surface area contributed by atoms with Gasteiger partial charge in [0.1, 0.15) is 6.10 Å². The third-order valence-corrected chi connectivity index (χ3v) is 3.88. The van der Waals surface area contributed by atoms with E-state index in [0.717, 1.165) is 26.6 Å². The molecule has 2 heterocycles. The second-order valence-corrected chi connectivity index (χ2v) is 5.50. The van der Waals surface area contributed by atoms with Crippen molar-refractivity contribution in [2.45, 2.75) is 26.5 Å². The maximum atomic E-state index is 10.3. The molecule has 0 fully saturated rings. The van der Waals surface area contributed by atoms with Gasteiger partial charge < -0.3 is 5.11 Å². The number of aliphatic hydroxyl groups excluding tert-OH is 1. The highest BCUT2D eigenvalue weighted by Crippen LogP contribution is 2.31. The van der Waals surface area contributed by atoms with Gasteiger partial charge in [-0.2, -0.15) is 5.10 Å². The van der Waals surface area contributed by atoms with E-state index in [-0.39, 0.29) is 0 Å². The molecule has 0 aliphatic carbocycles. The van der Waals surface area contributed by atoms with E-state index in [0.29, 0.717) is 0 Å². The van der Waals surface area contributed by atoms with E-state index in [2.05, 4.69) is 26.0 Å². The first kappa shape index (κ1) is 11.8. The molecule has 1 unspecified atom stereocenters. The first-order valence-corrected chi connectivity index (χ1v) is 6.56. The van der Waals surface area contributed by atoms with Crippen LogP contribution in [0.4, 0.5) is 0 Å². The van der Waals surface area contributed by atoms with Crippen LogP contribution in [0.5, 0.6) is 0 Å². The molecule has 16 heavy (non-hydrogen) atoms. The highest BCUT2D eigenvalue weighted by Gasteiger charge is 2.20. The van der Waals surface area contributed by atoms with Gasteiger partial charge in [0.25, 0.3) is 0 Å². The van der Waals surface area contributed by atoms with Crippen LogP contribution in [-0.2, 0) is 6.54 Å². The van der Waals surface area contributed by atoms with Crippen molar-refractivity contribution in [1.82, 2.24) is 14.8 Å². The van der Waals surface area contributed by atoms with Gasteiger partial charge in [0.2, 0.25) is 0 Å².